The second-order valence-corrected chi connectivity index (χ2v) is 5.54. The highest BCUT2D eigenvalue weighted by Gasteiger charge is 2.21. The second-order valence-electron chi connectivity index (χ2n) is 5.54. The number of anilines is 1. The summed E-state index contributed by atoms with van der Waals surface area (Å²) in [5, 5.41) is 3.60. The molecular weight excluding hydrogens is 227 g/mol. The third-order valence-corrected chi connectivity index (χ3v) is 3.73. The van der Waals surface area contributed by atoms with Crippen molar-refractivity contribution in [2.75, 3.05) is 24.5 Å². The van der Waals surface area contributed by atoms with Gasteiger partial charge >= 0.3 is 0 Å². The monoisotopic (exact) mass is 250 g/mol. The van der Waals surface area contributed by atoms with Gasteiger partial charge in [-0.2, -0.15) is 0 Å². The molecule has 1 N–H and O–H groups in total. The first-order chi connectivity index (χ1) is 8.58. The van der Waals surface area contributed by atoms with Crippen LogP contribution >= 0.6 is 0 Å². The number of nitrogens with zero attached hydrogens (tertiary/aromatic N) is 1. The van der Waals surface area contributed by atoms with E-state index >= 15 is 0 Å². The van der Waals surface area contributed by atoms with Crippen molar-refractivity contribution in [1.82, 2.24) is 5.32 Å². The minimum absolute atomic E-state index is 0.149. The van der Waals surface area contributed by atoms with Crippen LogP contribution in [0.3, 0.4) is 0 Å². The first-order valence-electron chi connectivity index (χ1n) is 6.82. The number of halogens is 1. The number of nitrogens with one attached hydrogen (secondary N) is 1. The Morgan fingerprint density at radius 2 is 2.17 bits per heavy atom. The predicted molar refractivity (Wildman–Crippen MR) is 74.6 cm³/mol. The zero-order valence-corrected chi connectivity index (χ0v) is 11.5. The summed E-state index contributed by atoms with van der Waals surface area (Å²) in [7, 11) is 0. The van der Waals surface area contributed by atoms with E-state index in [2.05, 4.69) is 24.1 Å². The summed E-state index contributed by atoms with van der Waals surface area (Å²) in [6.07, 6.45) is 1.14. The summed E-state index contributed by atoms with van der Waals surface area (Å²) in [6, 6.07) is 5.60. The summed E-state index contributed by atoms with van der Waals surface area (Å²) >= 11 is 0. The molecule has 100 valence electrons. The number of hydrogen-bond donors (Lipinski definition) is 1. The van der Waals surface area contributed by atoms with Crippen molar-refractivity contribution >= 4 is 5.69 Å². The second kappa shape index (κ2) is 5.70. The lowest BCUT2D eigenvalue weighted by Crippen LogP contribution is -2.41. The van der Waals surface area contributed by atoms with Gasteiger partial charge in [0.15, 0.2) is 0 Å². The van der Waals surface area contributed by atoms with Gasteiger partial charge in [-0.1, -0.05) is 13.8 Å². The Kier molecular flexibility index (Phi) is 4.23. The Morgan fingerprint density at radius 3 is 2.83 bits per heavy atom. The molecule has 0 amide bonds. The molecule has 0 aromatic heterocycles. The third kappa shape index (κ3) is 3.02. The molecule has 1 aliphatic heterocycles. The van der Waals surface area contributed by atoms with E-state index < -0.39 is 0 Å². The van der Waals surface area contributed by atoms with Crippen LogP contribution in [-0.4, -0.2) is 25.7 Å². The maximum atomic E-state index is 13.2. The molecular formula is C15H23FN2. The fourth-order valence-electron chi connectivity index (χ4n) is 2.59. The van der Waals surface area contributed by atoms with Gasteiger partial charge in [-0.05, 0) is 49.6 Å². The molecule has 1 aliphatic rings. The average molecular weight is 250 g/mol. The molecule has 1 unspecified atom stereocenters. The molecule has 0 bridgehead atoms. The van der Waals surface area contributed by atoms with Crippen LogP contribution in [0.1, 0.15) is 25.8 Å². The molecule has 0 radical (unpaired) electrons. The van der Waals surface area contributed by atoms with Gasteiger partial charge in [0, 0.05) is 24.8 Å². The van der Waals surface area contributed by atoms with Crippen molar-refractivity contribution in [2.24, 2.45) is 5.92 Å². The van der Waals surface area contributed by atoms with Crippen LogP contribution in [-0.2, 0) is 0 Å². The van der Waals surface area contributed by atoms with Gasteiger partial charge in [-0.25, -0.2) is 4.39 Å². The molecule has 2 rings (SSSR count). The van der Waals surface area contributed by atoms with Gasteiger partial charge in [-0.15, -0.1) is 0 Å². The molecule has 18 heavy (non-hydrogen) atoms. The van der Waals surface area contributed by atoms with Crippen LogP contribution < -0.4 is 10.2 Å². The highest BCUT2D eigenvalue weighted by atomic mass is 19.1. The van der Waals surface area contributed by atoms with E-state index in [9.17, 15) is 4.39 Å². The topological polar surface area (TPSA) is 15.3 Å². The van der Waals surface area contributed by atoms with E-state index in [1.807, 2.05) is 13.0 Å². The highest BCUT2D eigenvalue weighted by Crippen LogP contribution is 2.23. The molecule has 1 heterocycles. The van der Waals surface area contributed by atoms with E-state index in [0.29, 0.717) is 12.0 Å². The zero-order valence-electron chi connectivity index (χ0n) is 11.5. The standard InChI is InChI=1S/C15H23FN2/c1-11(2)14-10-18(8-4-7-17-14)15-6-5-13(16)9-12(15)3/h5-6,9,11,14,17H,4,7-8,10H2,1-3H3. The lowest BCUT2D eigenvalue weighted by atomic mass is 10.0. The van der Waals surface area contributed by atoms with Gasteiger partial charge in [0.25, 0.3) is 0 Å². The maximum Gasteiger partial charge on any atom is 0.123 e. The number of aryl methyl sites for hydroxylation is 1. The van der Waals surface area contributed by atoms with Crippen molar-refractivity contribution in [1.29, 1.82) is 0 Å². The quantitative estimate of drug-likeness (QED) is 0.868. The summed E-state index contributed by atoms with van der Waals surface area (Å²) in [5.41, 5.74) is 2.20. The Labute approximate surface area is 109 Å². The SMILES string of the molecule is Cc1cc(F)ccc1N1CCCNC(C(C)C)C1. The summed E-state index contributed by atoms with van der Waals surface area (Å²) in [6.45, 7) is 9.60. The van der Waals surface area contributed by atoms with Crippen molar-refractivity contribution in [3.8, 4) is 0 Å². The van der Waals surface area contributed by atoms with Gasteiger partial charge < -0.3 is 10.2 Å². The molecule has 3 heteroatoms. The average Bonchev–Trinajstić information content (AvgIpc) is 2.54. The largest absolute Gasteiger partial charge is 0.370 e. The van der Waals surface area contributed by atoms with E-state index in [4.69, 9.17) is 0 Å². The van der Waals surface area contributed by atoms with Gasteiger partial charge in [0.2, 0.25) is 0 Å². The molecule has 2 nitrogen and oxygen atoms in total. The van der Waals surface area contributed by atoms with Crippen molar-refractivity contribution in [3.05, 3.63) is 29.6 Å². The Hall–Kier alpha value is -1.09. The normalized spacial score (nSPS) is 21.2. The molecule has 1 fully saturated rings. The predicted octanol–water partition coefficient (Wildman–Crippen LogP) is 2.96. The Bertz CT molecular complexity index is 403. The molecule has 0 aliphatic carbocycles. The molecule has 1 atom stereocenters. The van der Waals surface area contributed by atoms with Crippen LogP contribution in [0.25, 0.3) is 0 Å². The molecule has 0 spiro atoms. The van der Waals surface area contributed by atoms with Crippen LogP contribution in [0.5, 0.6) is 0 Å². The van der Waals surface area contributed by atoms with E-state index in [1.165, 1.54) is 5.69 Å². The van der Waals surface area contributed by atoms with Crippen LogP contribution in [0, 0.1) is 18.7 Å². The lowest BCUT2D eigenvalue weighted by molar-refractivity contribution is 0.420. The number of rotatable bonds is 2. The van der Waals surface area contributed by atoms with Crippen LogP contribution in [0.4, 0.5) is 10.1 Å². The minimum atomic E-state index is -0.149. The lowest BCUT2D eigenvalue weighted by Gasteiger charge is -2.29. The summed E-state index contributed by atoms with van der Waals surface area (Å²) < 4.78 is 13.2. The Morgan fingerprint density at radius 1 is 1.39 bits per heavy atom. The highest BCUT2D eigenvalue weighted by molar-refractivity contribution is 5.53. The summed E-state index contributed by atoms with van der Waals surface area (Å²) in [4.78, 5) is 2.39. The third-order valence-electron chi connectivity index (χ3n) is 3.73. The Balaban J connectivity index is 2.20. The first kappa shape index (κ1) is 13.3. The fourth-order valence-corrected chi connectivity index (χ4v) is 2.59. The van der Waals surface area contributed by atoms with E-state index in [1.54, 1.807) is 12.1 Å². The molecule has 0 saturated carbocycles. The molecule has 1 aromatic carbocycles. The van der Waals surface area contributed by atoms with E-state index in [-0.39, 0.29) is 5.82 Å². The molecule has 1 saturated heterocycles. The van der Waals surface area contributed by atoms with Gasteiger partial charge in [0.05, 0.1) is 0 Å². The van der Waals surface area contributed by atoms with Gasteiger partial charge in [-0.3, -0.25) is 0 Å². The molecule has 1 aromatic rings. The fraction of sp³-hybridized carbons (Fsp3) is 0.600. The summed E-state index contributed by atoms with van der Waals surface area (Å²) in [5.74, 6) is 0.468. The number of hydrogen-bond acceptors (Lipinski definition) is 2. The van der Waals surface area contributed by atoms with Crippen LogP contribution in [0.15, 0.2) is 18.2 Å². The van der Waals surface area contributed by atoms with Crippen molar-refractivity contribution < 1.29 is 4.39 Å². The smallest absolute Gasteiger partial charge is 0.123 e. The maximum absolute atomic E-state index is 13.2. The van der Waals surface area contributed by atoms with Crippen molar-refractivity contribution in [3.63, 3.8) is 0 Å². The van der Waals surface area contributed by atoms with Crippen LogP contribution in [0.2, 0.25) is 0 Å². The number of benzene rings is 1. The van der Waals surface area contributed by atoms with E-state index in [0.717, 1.165) is 31.6 Å². The van der Waals surface area contributed by atoms with Crippen molar-refractivity contribution in [2.45, 2.75) is 33.2 Å². The minimum Gasteiger partial charge on any atom is -0.370 e. The first-order valence-corrected chi connectivity index (χ1v) is 6.82. The zero-order chi connectivity index (χ0) is 13.1. The van der Waals surface area contributed by atoms with Gasteiger partial charge in [0.1, 0.15) is 5.82 Å².